The lowest BCUT2D eigenvalue weighted by molar-refractivity contribution is 0.372. The maximum Gasteiger partial charge on any atom is 0.0550 e. The zero-order chi connectivity index (χ0) is 10.7. The highest BCUT2D eigenvalue weighted by molar-refractivity contribution is 9.10. The van der Waals surface area contributed by atoms with Crippen molar-refractivity contribution in [2.24, 2.45) is 5.92 Å². The van der Waals surface area contributed by atoms with Gasteiger partial charge >= 0.3 is 0 Å². The number of halogens is 2. The van der Waals surface area contributed by atoms with Crippen molar-refractivity contribution in [2.45, 2.75) is 19.3 Å². The monoisotopic (exact) mass is 287 g/mol. The summed E-state index contributed by atoms with van der Waals surface area (Å²) in [6.07, 6.45) is 3.70. The van der Waals surface area contributed by atoms with Crippen molar-refractivity contribution >= 4 is 27.5 Å². The van der Waals surface area contributed by atoms with Crippen molar-refractivity contribution in [1.82, 2.24) is 5.32 Å². The summed E-state index contributed by atoms with van der Waals surface area (Å²) in [6.45, 7) is 2.31. The van der Waals surface area contributed by atoms with Crippen molar-refractivity contribution in [2.75, 3.05) is 13.1 Å². The normalized spacial score (nSPS) is 18.0. The SMILES string of the molecule is Clc1cccc(CC2CCNCC2)c1Br. The molecular weight excluding hydrogens is 273 g/mol. The second-order valence-electron chi connectivity index (χ2n) is 4.11. The van der Waals surface area contributed by atoms with Crippen molar-refractivity contribution in [1.29, 1.82) is 0 Å². The van der Waals surface area contributed by atoms with Crippen molar-refractivity contribution in [3.8, 4) is 0 Å². The standard InChI is InChI=1S/C12H15BrClN/c13-12-10(2-1-3-11(12)14)8-9-4-6-15-7-5-9/h1-3,9,15H,4-8H2. The molecule has 1 aliphatic heterocycles. The van der Waals surface area contributed by atoms with E-state index in [4.69, 9.17) is 11.6 Å². The molecule has 1 nitrogen and oxygen atoms in total. The van der Waals surface area contributed by atoms with Gasteiger partial charge in [-0.25, -0.2) is 0 Å². The van der Waals surface area contributed by atoms with E-state index < -0.39 is 0 Å². The first-order valence-corrected chi connectivity index (χ1v) is 6.58. The molecule has 82 valence electrons. The molecule has 15 heavy (non-hydrogen) atoms. The molecule has 0 saturated carbocycles. The van der Waals surface area contributed by atoms with Gasteiger partial charge in [0.25, 0.3) is 0 Å². The zero-order valence-corrected chi connectivity index (χ0v) is 10.9. The molecule has 1 N–H and O–H groups in total. The van der Waals surface area contributed by atoms with Crippen LogP contribution in [0.1, 0.15) is 18.4 Å². The average Bonchev–Trinajstić information content (AvgIpc) is 2.26. The highest BCUT2D eigenvalue weighted by atomic mass is 79.9. The van der Waals surface area contributed by atoms with Crippen LogP contribution in [0.3, 0.4) is 0 Å². The number of piperidine rings is 1. The van der Waals surface area contributed by atoms with Gasteiger partial charge in [0.05, 0.1) is 5.02 Å². The summed E-state index contributed by atoms with van der Waals surface area (Å²) < 4.78 is 1.07. The highest BCUT2D eigenvalue weighted by Crippen LogP contribution is 2.29. The fraction of sp³-hybridized carbons (Fsp3) is 0.500. The first-order valence-electron chi connectivity index (χ1n) is 5.41. The van der Waals surface area contributed by atoms with Gasteiger partial charge < -0.3 is 5.32 Å². The van der Waals surface area contributed by atoms with Crippen LogP contribution >= 0.6 is 27.5 Å². The number of hydrogen-bond acceptors (Lipinski definition) is 1. The van der Waals surface area contributed by atoms with Crippen LogP contribution in [0.15, 0.2) is 22.7 Å². The molecule has 0 atom stereocenters. The molecule has 0 unspecified atom stereocenters. The van der Waals surface area contributed by atoms with Gasteiger partial charge in [-0.05, 0) is 65.8 Å². The minimum Gasteiger partial charge on any atom is -0.317 e. The van der Waals surface area contributed by atoms with E-state index in [-0.39, 0.29) is 0 Å². The van der Waals surface area contributed by atoms with Gasteiger partial charge in [0.15, 0.2) is 0 Å². The maximum atomic E-state index is 6.07. The molecule has 1 saturated heterocycles. The smallest absolute Gasteiger partial charge is 0.0550 e. The summed E-state index contributed by atoms with van der Waals surface area (Å²) in [5.74, 6) is 0.806. The van der Waals surface area contributed by atoms with Crippen LogP contribution in [-0.4, -0.2) is 13.1 Å². The van der Waals surface area contributed by atoms with Gasteiger partial charge in [-0.1, -0.05) is 23.7 Å². The summed E-state index contributed by atoms with van der Waals surface area (Å²) in [4.78, 5) is 0. The largest absolute Gasteiger partial charge is 0.317 e. The Bertz CT molecular complexity index is 334. The van der Waals surface area contributed by atoms with E-state index in [0.717, 1.165) is 34.9 Å². The Morgan fingerprint density at radius 1 is 1.33 bits per heavy atom. The average molecular weight is 289 g/mol. The molecule has 3 heteroatoms. The fourth-order valence-electron chi connectivity index (χ4n) is 2.10. The van der Waals surface area contributed by atoms with Gasteiger partial charge in [0.2, 0.25) is 0 Å². The van der Waals surface area contributed by atoms with Crippen LogP contribution in [0.2, 0.25) is 5.02 Å². The predicted octanol–water partition coefficient (Wildman–Crippen LogP) is 3.64. The third-order valence-corrected chi connectivity index (χ3v) is 4.48. The van der Waals surface area contributed by atoms with E-state index in [0.29, 0.717) is 0 Å². The Morgan fingerprint density at radius 2 is 2.07 bits per heavy atom. The molecule has 0 amide bonds. The van der Waals surface area contributed by atoms with E-state index in [9.17, 15) is 0 Å². The molecule has 0 aromatic heterocycles. The first-order chi connectivity index (χ1) is 7.27. The maximum absolute atomic E-state index is 6.07. The molecule has 1 fully saturated rings. The van der Waals surface area contributed by atoms with E-state index in [1.54, 1.807) is 0 Å². The van der Waals surface area contributed by atoms with Crippen LogP contribution in [-0.2, 0) is 6.42 Å². The van der Waals surface area contributed by atoms with Gasteiger partial charge in [0.1, 0.15) is 0 Å². The third kappa shape index (κ3) is 2.96. The Balaban J connectivity index is 2.06. The molecular formula is C12H15BrClN. The van der Waals surface area contributed by atoms with Gasteiger partial charge in [-0.2, -0.15) is 0 Å². The van der Waals surface area contributed by atoms with Crippen molar-refractivity contribution < 1.29 is 0 Å². The van der Waals surface area contributed by atoms with Crippen molar-refractivity contribution in [3.63, 3.8) is 0 Å². The Hall–Kier alpha value is -0.0500. The summed E-state index contributed by atoms with van der Waals surface area (Å²) in [5, 5.41) is 4.21. The quantitative estimate of drug-likeness (QED) is 0.876. The van der Waals surface area contributed by atoms with Gasteiger partial charge in [0, 0.05) is 4.47 Å². The molecule has 0 bridgehead atoms. The molecule has 1 aromatic carbocycles. The molecule has 1 aliphatic rings. The molecule has 1 aromatic rings. The van der Waals surface area contributed by atoms with Gasteiger partial charge in [-0.3, -0.25) is 0 Å². The lowest BCUT2D eigenvalue weighted by atomic mass is 9.91. The topological polar surface area (TPSA) is 12.0 Å². The number of hydrogen-bond donors (Lipinski definition) is 1. The minimum atomic E-state index is 0.806. The second-order valence-corrected chi connectivity index (χ2v) is 5.31. The first kappa shape index (κ1) is 11.4. The number of nitrogens with one attached hydrogen (secondary N) is 1. The Kier molecular flexibility index (Phi) is 4.06. The molecule has 1 heterocycles. The third-order valence-electron chi connectivity index (χ3n) is 3.00. The molecule has 2 rings (SSSR count). The lowest BCUT2D eigenvalue weighted by Gasteiger charge is -2.23. The van der Waals surface area contributed by atoms with E-state index in [2.05, 4.69) is 27.3 Å². The molecule has 0 spiro atoms. The Morgan fingerprint density at radius 3 is 2.80 bits per heavy atom. The summed E-state index contributed by atoms with van der Waals surface area (Å²) in [6, 6.07) is 6.12. The highest BCUT2D eigenvalue weighted by Gasteiger charge is 2.15. The summed E-state index contributed by atoms with van der Waals surface area (Å²) in [5.41, 5.74) is 1.34. The second kappa shape index (κ2) is 5.33. The van der Waals surface area contributed by atoms with E-state index in [1.807, 2.05) is 12.1 Å². The van der Waals surface area contributed by atoms with E-state index in [1.165, 1.54) is 18.4 Å². The van der Waals surface area contributed by atoms with Crippen LogP contribution in [0, 0.1) is 5.92 Å². The zero-order valence-electron chi connectivity index (χ0n) is 8.60. The summed E-state index contributed by atoms with van der Waals surface area (Å²) in [7, 11) is 0. The lowest BCUT2D eigenvalue weighted by Crippen LogP contribution is -2.28. The molecule has 0 aliphatic carbocycles. The predicted molar refractivity (Wildman–Crippen MR) is 68.4 cm³/mol. The molecule has 0 radical (unpaired) electrons. The summed E-state index contributed by atoms with van der Waals surface area (Å²) >= 11 is 9.63. The van der Waals surface area contributed by atoms with Crippen LogP contribution in [0.4, 0.5) is 0 Å². The van der Waals surface area contributed by atoms with Crippen LogP contribution in [0.25, 0.3) is 0 Å². The fourth-order valence-corrected chi connectivity index (χ4v) is 2.72. The Labute approximate surface area is 104 Å². The van der Waals surface area contributed by atoms with E-state index >= 15 is 0 Å². The number of rotatable bonds is 2. The van der Waals surface area contributed by atoms with Crippen LogP contribution in [0.5, 0.6) is 0 Å². The van der Waals surface area contributed by atoms with Gasteiger partial charge in [-0.15, -0.1) is 0 Å². The number of benzene rings is 1. The van der Waals surface area contributed by atoms with Crippen molar-refractivity contribution in [3.05, 3.63) is 33.3 Å². The van der Waals surface area contributed by atoms with Crippen LogP contribution < -0.4 is 5.32 Å². The minimum absolute atomic E-state index is 0.806.